The molecule has 0 aromatic carbocycles. The second kappa shape index (κ2) is 5.17. The summed E-state index contributed by atoms with van der Waals surface area (Å²) in [6.07, 6.45) is 8.72. The summed E-state index contributed by atoms with van der Waals surface area (Å²) < 4.78 is 0. The van der Waals surface area contributed by atoms with Gasteiger partial charge in [-0.15, -0.1) is 11.3 Å². The third-order valence-electron chi connectivity index (χ3n) is 3.68. The molecule has 1 aliphatic heterocycles. The van der Waals surface area contributed by atoms with Gasteiger partial charge in [-0.05, 0) is 49.5 Å². The Kier molecular flexibility index (Phi) is 3.59. The topological polar surface area (TPSA) is 26.0 Å². The molecule has 2 N–H and O–H groups in total. The standard InChI is InChI=1S/C14H19NS2/c15-14(10-4-2-1-3-5-10)13-8-11-9-16-7-6-12(11)17-13/h4,8,14H,1-3,5-7,9,15H2. The van der Waals surface area contributed by atoms with E-state index < -0.39 is 0 Å². The number of thioether (sulfide) groups is 1. The largest absolute Gasteiger partial charge is 0.320 e. The first kappa shape index (κ1) is 11.8. The van der Waals surface area contributed by atoms with Gasteiger partial charge in [0.05, 0.1) is 6.04 Å². The van der Waals surface area contributed by atoms with Gasteiger partial charge in [-0.3, -0.25) is 0 Å². The van der Waals surface area contributed by atoms with Crippen LogP contribution >= 0.6 is 23.1 Å². The Labute approximate surface area is 111 Å². The van der Waals surface area contributed by atoms with Crippen LogP contribution in [-0.2, 0) is 12.2 Å². The number of aryl methyl sites for hydroxylation is 1. The lowest BCUT2D eigenvalue weighted by Gasteiger charge is -2.18. The molecule has 0 radical (unpaired) electrons. The summed E-state index contributed by atoms with van der Waals surface area (Å²) >= 11 is 4.01. The lowest BCUT2D eigenvalue weighted by molar-refractivity contribution is 0.652. The van der Waals surface area contributed by atoms with Gasteiger partial charge in [0.25, 0.3) is 0 Å². The van der Waals surface area contributed by atoms with Gasteiger partial charge in [0.2, 0.25) is 0 Å². The van der Waals surface area contributed by atoms with E-state index in [4.69, 9.17) is 5.73 Å². The predicted molar refractivity (Wildman–Crippen MR) is 77.7 cm³/mol. The van der Waals surface area contributed by atoms with Crippen LogP contribution in [0.1, 0.15) is 47.0 Å². The van der Waals surface area contributed by atoms with Crippen LogP contribution in [0.25, 0.3) is 0 Å². The molecule has 0 saturated heterocycles. The average Bonchev–Trinajstić information content (AvgIpc) is 2.82. The van der Waals surface area contributed by atoms with E-state index in [1.807, 2.05) is 23.1 Å². The van der Waals surface area contributed by atoms with Gasteiger partial charge < -0.3 is 5.73 Å². The van der Waals surface area contributed by atoms with Gasteiger partial charge >= 0.3 is 0 Å². The molecular weight excluding hydrogens is 246 g/mol. The molecule has 1 aromatic heterocycles. The van der Waals surface area contributed by atoms with Crippen molar-refractivity contribution in [3.05, 3.63) is 33.0 Å². The van der Waals surface area contributed by atoms with Gasteiger partial charge in [-0.1, -0.05) is 11.6 Å². The van der Waals surface area contributed by atoms with Gasteiger partial charge in [-0.25, -0.2) is 0 Å². The molecule has 3 rings (SSSR count). The number of hydrogen-bond acceptors (Lipinski definition) is 3. The van der Waals surface area contributed by atoms with Crippen molar-refractivity contribution >= 4 is 23.1 Å². The summed E-state index contributed by atoms with van der Waals surface area (Å²) in [7, 11) is 0. The van der Waals surface area contributed by atoms with Crippen LogP contribution in [0.4, 0.5) is 0 Å². The minimum Gasteiger partial charge on any atom is -0.320 e. The van der Waals surface area contributed by atoms with Gasteiger partial charge in [-0.2, -0.15) is 11.8 Å². The smallest absolute Gasteiger partial charge is 0.0605 e. The molecule has 0 fully saturated rings. The first-order valence-electron chi connectivity index (χ1n) is 6.48. The van der Waals surface area contributed by atoms with Crippen LogP contribution in [0.15, 0.2) is 17.7 Å². The predicted octanol–water partition coefficient (Wildman–Crippen LogP) is 4.04. The normalized spacial score (nSPS) is 21.8. The van der Waals surface area contributed by atoms with Crippen molar-refractivity contribution < 1.29 is 0 Å². The monoisotopic (exact) mass is 265 g/mol. The zero-order chi connectivity index (χ0) is 11.7. The third-order valence-corrected chi connectivity index (χ3v) is 6.01. The van der Waals surface area contributed by atoms with Crippen molar-refractivity contribution in [1.29, 1.82) is 0 Å². The van der Waals surface area contributed by atoms with E-state index in [2.05, 4.69) is 12.1 Å². The summed E-state index contributed by atoms with van der Waals surface area (Å²) in [4.78, 5) is 2.98. The van der Waals surface area contributed by atoms with Crippen molar-refractivity contribution in [3.63, 3.8) is 0 Å². The maximum atomic E-state index is 6.42. The molecule has 1 aromatic rings. The minimum absolute atomic E-state index is 0.177. The summed E-state index contributed by atoms with van der Waals surface area (Å²) in [6.45, 7) is 0. The molecule has 1 aliphatic carbocycles. The number of allylic oxidation sites excluding steroid dienone is 1. The summed E-state index contributed by atoms with van der Waals surface area (Å²) in [5, 5.41) is 0. The zero-order valence-electron chi connectivity index (χ0n) is 10.1. The van der Waals surface area contributed by atoms with E-state index in [9.17, 15) is 0 Å². The third kappa shape index (κ3) is 2.47. The summed E-state index contributed by atoms with van der Waals surface area (Å²) in [5.41, 5.74) is 9.44. The number of nitrogens with two attached hydrogens (primary N) is 1. The fraction of sp³-hybridized carbons (Fsp3) is 0.571. The molecule has 2 aliphatic rings. The summed E-state index contributed by atoms with van der Waals surface area (Å²) in [6, 6.07) is 2.54. The van der Waals surface area contributed by atoms with Crippen molar-refractivity contribution in [2.24, 2.45) is 5.73 Å². The van der Waals surface area contributed by atoms with Crippen LogP contribution in [-0.4, -0.2) is 5.75 Å². The Balaban J connectivity index is 1.83. The van der Waals surface area contributed by atoms with Gasteiger partial charge in [0.1, 0.15) is 0 Å². The number of thiophene rings is 1. The lowest BCUT2D eigenvalue weighted by atomic mass is 9.93. The molecule has 0 saturated carbocycles. The summed E-state index contributed by atoms with van der Waals surface area (Å²) in [5.74, 6) is 2.47. The second-order valence-corrected chi connectivity index (χ2v) is 7.18. The maximum Gasteiger partial charge on any atom is 0.0605 e. The van der Waals surface area contributed by atoms with Crippen LogP contribution in [0.3, 0.4) is 0 Å². The minimum atomic E-state index is 0.177. The Morgan fingerprint density at radius 1 is 1.24 bits per heavy atom. The second-order valence-electron chi connectivity index (χ2n) is 4.90. The van der Waals surface area contributed by atoms with E-state index >= 15 is 0 Å². The Morgan fingerprint density at radius 3 is 2.94 bits per heavy atom. The van der Waals surface area contributed by atoms with E-state index in [1.165, 1.54) is 54.1 Å². The maximum absolute atomic E-state index is 6.42. The van der Waals surface area contributed by atoms with Gasteiger partial charge in [0, 0.05) is 15.5 Å². The molecule has 1 nitrogen and oxygen atoms in total. The van der Waals surface area contributed by atoms with E-state index in [0.29, 0.717) is 0 Å². The molecule has 17 heavy (non-hydrogen) atoms. The Morgan fingerprint density at radius 2 is 2.18 bits per heavy atom. The fourth-order valence-corrected chi connectivity index (χ4v) is 5.07. The Bertz CT molecular complexity index is 410. The highest BCUT2D eigenvalue weighted by Gasteiger charge is 2.20. The number of fused-ring (bicyclic) bond motifs is 1. The lowest BCUT2D eigenvalue weighted by Crippen LogP contribution is -2.13. The van der Waals surface area contributed by atoms with Crippen LogP contribution in [0.5, 0.6) is 0 Å². The molecule has 0 bridgehead atoms. The number of rotatable bonds is 2. The molecule has 3 heteroatoms. The molecular formula is C14H19NS2. The molecule has 0 spiro atoms. The molecule has 92 valence electrons. The zero-order valence-corrected chi connectivity index (χ0v) is 11.7. The molecule has 1 unspecified atom stereocenters. The SMILES string of the molecule is NC(C1=CCCCC1)c1cc2c(s1)CCSC2. The first-order valence-corrected chi connectivity index (χ1v) is 8.45. The van der Waals surface area contributed by atoms with Crippen molar-refractivity contribution in [2.75, 3.05) is 5.75 Å². The van der Waals surface area contributed by atoms with Crippen LogP contribution in [0.2, 0.25) is 0 Å². The highest BCUT2D eigenvalue weighted by molar-refractivity contribution is 7.98. The van der Waals surface area contributed by atoms with Crippen molar-refractivity contribution in [2.45, 2.75) is 43.9 Å². The Hall–Kier alpha value is -0.250. The van der Waals surface area contributed by atoms with Crippen LogP contribution < -0.4 is 5.73 Å². The highest BCUT2D eigenvalue weighted by atomic mass is 32.2. The van der Waals surface area contributed by atoms with Crippen molar-refractivity contribution in [1.82, 2.24) is 0 Å². The number of hydrogen-bond donors (Lipinski definition) is 1. The average molecular weight is 265 g/mol. The first-order chi connectivity index (χ1) is 8.34. The molecule has 1 atom stereocenters. The van der Waals surface area contributed by atoms with Crippen molar-refractivity contribution in [3.8, 4) is 0 Å². The van der Waals surface area contributed by atoms with Gasteiger partial charge in [0.15, 0.2) is 0 Å². The molecule has 0 amide bonds. The quantitative estimate of drug-likeness (QED) is 0.817. The highest BCUT2D eigenvalue weighted by Crippen LogP contribution is 2.37. The molecule has 2 heterocycles. The van der Waals surface area contributed by atoms with E-state index in [0.717, 1.165) is 0 Å². The van der Waals surface area contributed by atoms with Crippen LogP contribution in [0, 0.1) is 0 Å². The van der Waals surface area contributed by atoms with E-state index in [-0.39, 0.29) is 6.04 Å². The fourth-order valence-electron chi connectivity index (χ4n) is 2.65. The van der Waals surface area contributed by atoms with E-state index in [1.54, 1.807) is 10.4 Å².